The van der Waals surface area contributed by atoms with Crippen molar-refractivity contribution in [1.82, 2.24) is 14.7 Å². The van der Waals surface area contributed by atoms with E-state index in [-0.39, 0.29) is 0 Å². The van der Waals surface area contributed by atoms with Crippen molar-refractivity contribution < 1.29 is 0 Å². The average Bonchev–Trinajstić information content (AvgIpc) is 2.86. The van der Waals surface area contributed by atoms with Gasteiger partial charge >= 0.3 is 0 Å². The van der Waals surface area contributed by atoms with Crippen molar-refractivity contribution in [3.63, 3.8) is 0 Å². The highest BCUT2D eigenvalue weighted by atomic mass is 15.3. The zero-order chi connectivity index (χ0) is 10.8. The van der Waals surface area contributed by atoms with Crippen LogP contribution in [0.5, 0.6) is 0 Å². The number of hydrogen-bond donors (Lipinski definition) is 0. The Balaban J connectivity index is 2.05. The molecular formula is C11H16N4. The van der Waals surface area contributed by atoms with Gasteiger partial charge in [-0.1, -0.05) is 0 Å². The first-order valence-electron chi connectivity index (χ1n) is 5.39. The molecule has 1 unspecified atom stereocenters. The summed E-state index contributed by atoms with van der Waals surface area (Å²) in [5.74, 6) is 0. The third kappa shape index (κ3) is 2.02. The lowest BCUT2D eigenvalue weighted by Gasteiger charge is -2.20. The van der Waals surface area contributed by atoms with Gasteiger partial charge < -0.3 is 0 Å². The van der Waals surface area contributed by atoms with Crippen molar-refractivity contribution in [2.45, 2.75) is 32.4 Å². The third-order valence-corrected chi connectivity index (χ3v) is 3.03. The molecule has 0 saturated carbocycles. The number of rotatable bonds is 2. The van der Waals surface area contributed by atoms with Crippen LogP contribution in [0.1, 0.15) is 31.9 Å². The minimum atomic E-state index is 0.439. The van der Waals surface area contributed by atoms with E-state index >= 15 is 0 Å². The minimum Gasteiger partial charge on any atom is -0.299 e. The van der Waals surface area contributed by atoms with E-state index in [1.807, 2.05) is 10.9 Å². The number of hydrogen-bond acceptors (Lipinski definition) is 3. The van der Waals surface area contributed by atoms with Crippen molar-refractivity contribution in [2.24, 2.45) is 0 Å². The first-order chi connectivity index (χ1) is 7.20. The summed E-state index contributed by atoms with van der Waals surface area (Å²) >= 11 is 0. The molecule has 0 N–H and O–H groups in total. The molecule has 2 rings (SSSR count). The van der Waals surface area contributed by atoms with Gasteiger partial charge in [-0.05, 0) is 20.3 Å². The molecule has 1 aromatic heterocycles. The van der Waals surface area contributed by atoms with Crippen molar-refractivity contribution in [3.05, 3.63) is 18.0 Å². The summed E-state index contributed by atoms with van der Waals surface area (Å²) in [6.07, 6.45) is 4.61. The fourth-order valence-corrected chi connectivity index (χ4v) is 2.05. The standard InChI is InChI=1S/C11H16N4/c1-9(2)14-4-3-11(8-14)15-7-10(5-12)6-13-15/h6-7,9,11H,3-4,8H2,1-2H3. The monoisotopic (exact) mass is 204 g/mol. The molecule has 0 radical (unpaired) electrons. The molecule has 0 bridgehead atoms. The fourth-order valence-electron chi connectivity index (χ4n) is 2.05. The van der Waals surface area contributed by atoms with Gasteiger partial charge in [-0.25, -0.2) is 0 Å². The Morgan fingerprint density at radius 3 is 2.93 bits per heavy atom. The van der Waals surface area contributed by atoms with Crippen LogP contribution in [-0.2, 0) is 0 Å². The maximum absolute atomic E-state index is 8.72. The van der Waals surface area contributed by atoms with Crippen molar-refractivity contribution in [2.75, 3.05) is 13.1 Å². The number of likely N-dealkylation sites (tertiary alicyclic amines) is 1. The molecule has 1 aromatic rings. The molecule has 4 nitrogen and oxygen atoms in total. The lowest BCUT2D eigenvalue weighted by Crippen LogP contribution is -2.28. The van der Waals surface area contributed by atoms with Crippen LogP contribution in [0, 0.1) is 11.3 Å². The van der Waals surface area contributed by atoms with Gasteiger partial charge in [0.25, 0.3) is 0 Å². The van der Waals surface area contributed by atoms with Crippen LogP contribution < -0.4 is 0 Å². The predicted octanol–water partition coefficient (Wildman–Crippen LogP) is 1.41. The second kappa shape index (κ2) is 4.03. The van der Waals surface area contributed by atoms with Gasteiger partial charge in [0.2, 0.25) is 0 Å². The molecule has 15 heavy (non-hydrogen) atoms. The molecule has 0 aromatic carbocycles. The summed E-state index contributed by atoms with van der Waals surface area (Å²) in [5.41, 5.74) is 0.651. The van der Waals surface area contributed by atoms with Gasteiger partial charge in [0, 0.05) is 25.3 Å². The second-order valence-electron chi connectivity index (χ2n) is 4.35. The van der Waals surface area contributed by atoms with Gasteiger partial charge in [0.05, 0.1) is 17.8 Å². The number of nitrogens with zero attached hydrogens (tertiary/aromatic N) is 4. The zero-order valence-corrected chi connectivity index (χ0v) is 9.22. The molecule has 1 aliphatic heterocycles. The summed E-state index contributed by atoms with van der Waals surface area (Å²) in [5, 5.41) is 13.0. The molecule has 0 spiro atoms. The summed E-state index contributed by atoms with van der Waals surface area (Å²) in [6.45, 7) is 6.60. The maximum atomic E-state index is 8.72. The first kappa shape index (κ1) is 10.2. The van der Waals surface area contributed by atoms with Gasteiger partial charge in [-0.2, -0.15) is 10.4 Å². The van der Waals surface area contributed by atoms with Crippen LogP contribution in [-0.4, -0.2) is 33.8 Å². The highest BCUT2D eigenvalue weighted by Gasteiger charge is 2.25. The Morgan fingerprint density at radius 1 is 1.60 bits per heavy atom. The Bertz CT molecular complexity index is 374. The van der Waals surface area contributed by atoms with Crippen molar-refractivity contribution >= 4 is 0 Å². The average molecular weight is 204 g/mol. The lowest BCUT2D eigenvalue weighted by atomic mass is 10.3. The van der Waals surface area contributed by atoms with Crippen LogP contribution in [0.4, 0.5) is 0 Å². The Labute approximate surface area is 90.1 Å². The molecule has 1 aliphatic rings. The van der Waals surface area contributed by atoms with Crippen molar-refractivity contribution in [1.29, 1.82) is 5.26 Å². The molecule has 0 aliphatic carbocycles. The largest absolute Gasteiger partial charge is 0.299 e. The lowest BCUT2D eigenvalue weighted by molar-refractivity contribution is 0.262. The van der Waals surface area contributed by atoms with E-state index < -0.39 is 0 Å². The molecule has 0 amide bonds. The van der Waals surface area contributed by atoms with Gasteiger partial charge in [-0.15, -0.1) is 0 Å². The fraction of sp³-hybridized carbons (Fsp3) is 0.636. The first-order valence-corrected chi connectivity index (χ1v) is 5.39. The van der Waals surface area contributed by atoms with Crippen LogP contribution in [0.3, 0.4) is 0 Å². The third-order valence-electron chi connectivity index (χ3n) is 3.03. The van der Waals surface area contributed by atoms with E-state index in [4.69, 9.17) is 5.26 Å². The van der Waals surface area contributed by atoms with Gasteiger partial charge in [-0.3, -0.25) is 9.58 Å². The van der Waals surface area contributed by atoms with Gasteiger partial charge in [0.15, 0.2) is 0 Å². The van der Waals surface area contributed by atoms with Crippen LogP contribution in [0.15, 0.2) is 12.4 Å². The van der Waals surface area contributed by atoms with E-state index in [1.54, 1.807) is 6.20 Å². The molecule has 1 fully saturated rings. The van der Waals surface area contributed by atoms with Gasteiger partial charge in [0.1, 0.15) is 6.07 Å². The maximum Gasteiger partial charge on any atom is 0.102 e. The highest BCUT2D eigenvalue weighted by Crippen LogP contribution is 2.22. The summed E-state index contributed by atoms with van der Waals surface area (Å²) in [7, 11) is 0. The van der Waals surface area contributed by atoms with Crippen molar-refractivity contribution in [3.8, 4) is 6.07 Å². The quantitative estimate of drug-likeness (QED) is 0.731. The second-order valence-corrected chi connectivity index (χ2v) is 4.35. The van der Waals surface area contributed by atoms with E-state index in [9.17, 15) is 0 Å². The number of nitriles is 1. The number of aromatic nitrogens is 2. The molecular weight excluding hydrogens is 188 g/mol. The van der Waals surface area contributed by atoms with E-state index in [0.29, 0.717) is 17.6 Å². The molecule has 4 heteroatoms. The van der Waals surface area contributed by atoms with E-state index in [2.05, 4.69) is 29.9 Å². The molecule has 1 saturated heterocycles. The molecule has 1 atom stereocenters. The SMILES string of the molecule is CC(C)N1CCC(n2cc(C#N)cn2)C1. The summed E-state index contributed by atoms with van der Waals surface area (Å²) < 4.78 is 1.93. The molecule has 80 valence electrons. The van der Waals surface area contributed by atoms with Crippen LogP contribution >= 0.6 is 0 Å². The summed E-state index contributed by atoms with van der Waals surface area (Å²) in [4.78, 5) is 2.44. The smallest absolute Gasteiger partial charge is 0.102 e. The van der Waals surface area contributed by atoms with Crippen LogP contribution in [0.25, 0.3) is 0 Å². The van der Waals surface area contributed by atoms with E-state index in [1.165, 1.54) is 0 Å². The predicted molar refractivity (Wildman–Crippen MR) is 57.3 cm³/mol. The summed E-state index contributed by atoms with van der Waals surface area (Å²) in [6, 6.07) is 3.15. The Kier molecular flexibility index (Phi) is 2.74. The van der Waals surface area contributed by atoms with E-state index in [0.717, 1.165) is 19.5 Å². The Morgan fingerprint density at radius 2 is 2.40 bits per heavy atom. The zero-order valence-electron chi connectivity index (χ0n) is 9.22. The molecule has 2 heterocycles. The normalized spacial score (nSPS) is 22.1. The Hall–Kier alpha value is -1.34. The minimum absolute atomic E-state index is 0.439. The highest BCUT2D eigenvalue weighted by molar-refractivity contribution is 5.22. The topological polar surface area (TPSA) is 44.9 Å². The van der Waals surface area contributed by atoms with Crippen LogP contribution in [0.2, 0.25) is 0 Å².